The average molecular weight is 170 g/mol. The fourth-order valence-corrected chi connectivity index (χ4v) is 1.69. The molecule has 0 aromatic heterocycles. The summed E-state index contributed by atoms with van der Waals surface area (Å²) in [5, 5.41) is 0. The third-order valence-electron chi connectivity index (χ3n) is 3.76. The molecule has 0 heterocycles. The fourth-order valence-electron chi connectivity index (χ4n) is 1.69. The second kappa shape index (κ2) is 4.89. The Labute approximate surface area is 78.8 Å². The first-order valence-electron chi connectivity index (χ1n) is 5.37. The minimum absolute atomic E-state index is 0.821. The van der Waals surface area contributed by atoms with E-state index in [2.05, 4.69) is 48.5 Å². The Kier molecular flexibility index (Phi) is 4.89. The standard InChI is InChI=1S/C12H26/c1-8(2)10(5)12(7)11(6)9(3)4/h8-12H,1-7H3. The molecule has 0 aliphatic heterocycles. The van der Waals surface area contributed by atoms with E-state index in [1.807, 2.05) is 0 Å². The Morgan fingerprint density at radius 3 is 0.833 bits per heavy atom. The zero-order valence-corrected chi connectivity index (χ0v) is 9.89. The molecule has 0 spiro atoms. The van der Waals surface area contributed by atoms with Gasteiger partial charge in [-0.2, -0.15) is 0 Å². The van der Waals surface area contributed by atoms with Gasteiger partial charge in [0.15, 0.2) is 0 Å². The third kappa shape index (κ3) is 3.16. The topological polar surface area (TPSA) is 0 Å². The Morgan fingerprint density at radius 2 is 0.667 bits per heavy atom. The largest absolute Gasteiger partial charge is 0.0625 e. The first-order valence-corrected chi connectivity index (χ1v) is 5.37. The van der Waals surface area contributed by atoms with Crippen molar-refractivity contribution in [3.8, 4) is 0 Å². The Hall–Kier alpha value is 0. The van der Waals surface area contributed by atoms with Crippen LogP contribution in [0.1, 0.15) is 48.5 Å². The lowest BCUT2D eigenvalue weighted by Gasteiger charge is -2.31. The molecule has 0 radical (unpaired) electrons. The van der Waals surface area contributed by atoms with Crippen LogP contribution in [-0.4, -0.2) is 0 Å². The van der Waals surface area contributed by atoms with Gasteiger partial charge in [-0.3, -0.25) is 0 Å². The van der Waals surface area contributed by atoms with Crippen molar-refractivity contribution in [2.45, 2.75) is 48.5 Å². The lowest BCUT2D eigenvalue weighted by atomic mass is 9.75. The third-order valence-corrected chi connectivity index (χ3v) is 3.76. The Balaban J connectivity index is 4.08. The molecule has 12 heavy (non-hydrogen) atoms. The van der Waals surface area contributed by atoms with E-state index in [-0.39, 0.29) is 0 Å². The molecule has 0 aliphatic carbocycles. The van der Waals surface area contributed by atoms with Crippen LogP contribution in [0.25, 0.3) is 0 Å². The summed E-state index contributed by atoms with van der Waals surface area (Å²) in [5.41, 5.74) is 0. The van der Waals surface area contributed by atoms with Crippen LogP contribution in [0.4, 0.5) is 0 Å². The van der Waals surface area contributed by atoms with E-state index < -0.39 is 0 Å². The summed E-state index contributed by atoms with van der Waals surface area (Å²) in [6.07, 6.45) is 0. The smallest absolute Gasteiger partial charge is 0.0386 e. The molecule has 0 saturated carbocycles. The van der Waals surface area contributed by atoms with Crippen LogP contribution in [-0.2, 0) is 0 Å². The highest BCUT2D eigenvalue weighted by atomic mass is 14.3. The van der Waals surface area contributed by atoms with Crippen molar-refractivity contribution < 1.29 is 0 Å². The van der Waals surface area contributed by atoms with Crippen LogP contribution in [0.2, 0.25) is 0 Å². The zero-order chi connectivity index (χ0) is 9.89. The van der Waals surface area contributed by atoms with E-state index in [1.165, 1.54) is 0 Å². The van der Waals surface area contributed by atoms with Gasteiger partial charge in [-0.1, -0.05) is 48.5 Å². The maximum Gasteiger partial charge on any atom is -0.0386 e. The molecule has 0 heteroatoms. The first kappa shape index (κ1) is 12.0. The number of hydrogen-bond donors (Lipinski definition) is 0. The number of hydrogen-bond acceptors (Lipinski definition) is 0. The summed E-state index contributed by atoms with van der Waals surface area (Å²) in [6, 6.07) is 0. The average Bonchev–Trinajstić information content (AvgIpc) is 2.00. The second-order valence-corrected chi connectivity index (χ2v) is 5.07. The van der Waals surface area contributed by atoms with Gasteiger partial charge in [0.25, 0.3) is 0 Å². The van der Waals surface area contributed by atoms with Crippen molar-refractivity contribution in [3.05, 3.63) is 0 Å². The van der Waals surface area contributed by atoms with Gasteiger partial charge in [-0.25, -0.2) is 0 Å². The molecule has 0 amide bonds. The van der Waals surface area contributed by atoms with Crippen LogP contribution in [0.15, 0.2) is 0 Å². The molecule has 0 nitrogen and oxygen atoms in total. The van der Waals surface area contributed by atoms with E-state index in [9.17, 15) is 0 Å². The highest BCUT2D eigenvalue weighted by Gasteiger charge is 2.23. The molecule has 0 rings (SSSR count). The second-order valence-electron chi connectivity index (χ2n) is 5.07. The van der Waals surface area contributed by atoms with Crippen LogP contribution in [0.5, 0.6) is 0 Å². The van der Waals surface area contributed by atoms with Crippen LogP contribution in [0, 0.1) is 29.6 Å². The van der Waals surface area contributed by atoms with Crippen LogP contribution >= 0.6 is 0 Å². The fraction of sp³-hybridized carbons (Fsp3) is 1.00. The van der Waals surface area contributed by atoms with E-state index in [1.54, 1.807) is 0 Å². The summed E-state index contributed by atoms with van der Waals surface area (Å²) in [5.74, 6) is 4.19. The molecule has 2 atom stereocenters. The molecule has 0 N–H and O–H groups in total. The van der Waals surface area contributed by atoms with Gasteiger partial charge in [0, 0.05) is 0 Å². The van der Waals surface area contributed by atoms with Gasteiger partial charge < -0.3 is 0 Å². The molecule has 0 fully saturated rings. The maximum atomic E-state index is 2.40. The molecule has 0 aliphatic rings. The monoisotopic (exact) mass is 170 g/mol. The summed E-state index contributed by atoms with van der Waals surface area (Å²) < 4.78 is 0. The van der Waals surface area contributed by atoms with Gasteiger partial charge >= 0.3 is 0 Å². The predicted octanol–water partition coefficient (Wildman–Crippen LogP) is 4.21. The summed E-state index contributed by atoms with van der Waals surface area (Å²) in [6.45, 7) is 16.5. The molecule has 0 aromatic rings. The predicted molar refractivity (Wildman–Crippen MR) is 57.2 cm³/mol. The van der Waals surface area contributed by atoms with E-state index in [0.717, 1.165) is 29.6 Å². The lowest BCUT2D eigenvalue weighted by molar-refractivity contribution is 0.184. The SMILES string of the molecule is CC(C)C(C)C(C)C(C)C(C)C. The van der Waals surface area contributed by atoms with Crippen molar-refractivity contribution in [2.75, 3.05) is 0 Å². The van der Waals surface area contributed by atoms with Gasteiger partial charge in [0.2, 0.25) is 0 Å². The Bertz CT molecular complexity index is 99.2. The summed E-state index contributed by atoms with van der Waals surface area (Å²) in [4.78, 5) is 0. The minimum Gasteiger partial charge on any atom is -0.0625 e. The molecular weight excluding hydrogens is 144 g/mol. The molecule has 0 aromatic carbocycles. The first-order chi connectivity index (χ1) is 5.37. The van der Waals surface area contributed by atoms with Crippen molar-refractivity contribution in [1.29, 1.82) is 0 Å². The molecule has 0 saturated heterocycles. The number of rotatable bonds is 4. The molecule has 2 unspecified atom stereocenters. The van der Waals surface area contributed by atoms with Gasteiger partial charge in [0.1, 0.15) is 0 Å². The van der Waals surface area contributed by atoms with E-state index in [0.29, 0.717) is 0 Å². The minimum atomic E-state index is 0.821. The zero-order valence-electron chi connectivity index (χ0n) is 9.89. The quantitative estimate of drug-likeness (QED) is 0.593. The Morgan fingerprint density at radius 1 is 0.417 bits per heavy atom. The highest BCUT2D eigenvalue weighted by Crippen LogP contribution is 2.30. The van der Waals surface area contributed by atoms with Gasteiger partial charge in [-0.05, 0) is 29.6 Å². The van der Waals surface area contributed by atoms with Crippen molar-refractivity contribution in [2.24, 2.45) is 29.6 Å². The van der Waals surface area contributed by atoms with Crippen LogP contribution in [0.3, 0.4) is 0 Å². The van der Waals surface area contributed by atoms with Gasteiger partial charge in [0.05, 0.1) is 0 Å². The summed E-state index contributed by atoms with van der Waals surface area (Å²) in [7, 11) is 0. The van der Waals surface area contributed by atoms with Crippen molar-refractivity contribution >= 4 is 0 Å². The maximum absolute atomic E-state index is 2.40. The highest BCUT2D eigenvalue weighted by molar-refractivity contribution is 4.72. The van der Waals surface area contributed by atoms with Gasteiger partial charge in [-0.15, -0.1) is 0 Å². The van der Waals surface area contributed by atoms with Crippen LogP contribution < -0.4 is 0 Å². The summed E-state index contributed by atoms with van der Waals surface area (Å²) >= 11 is 0. The normalized spacial score (nSPS) is 19.8. The molecule has 74 valence electrons. The lowest BCUT2D eigenvalue weighted by Crippen LogP contribution is -2.24. The molecular formula is C12H26. The van der Waals surface area contributed by atoms with E-state index in [4.69, 9.17) is 0 Å². The van der Waals surface area contributed by atoms with Crippen molar-refractivity contribution in [1.82, 2.24) is 0 Å². The van der Waals surface area contributed by atoms with Crippen molar-refractivity contribution in [3.63, 3.8) is 0 Å². The van der Waals surface area contributed by atoms with E-state index >= 15 is 0 Å². The molecule has 0 bridgehead atoms.